The fourth-order valence-electron chi connectivity index (χ4n) is 4.42. The number of aromatic nitrogens is 2. The summed E-state index contributed by atoms with van der Waals surface area (Å²) in [5, 5.41) is 1.10. The molecule has 1 amide bonds. The van der Waals surface area contributed by atoms with Gasteiger partial charge in [-0.3, -0.25) is 14.2 Å². The van der Waals surface area contributed by atoms with E-state index in [9.17, 15) is 9.59 Å². The summed E-state index contributed by atoms with van der Waals surface area (Å²) in [6.45, 7) is 7.04. The van der Waals surface area contributed by atoms with Crippen LogP contribution in [0.5, 0.6) is 0 Å². The van der Waals surface area contributed by atoms with Crippen LogP contribution in [0, 0.1) is 13.8 Å². The average molecular weight is 485 g/mol. The Morgan fingerprint density at radius 1 is 0.886 bits per heavy atom. The minimum Gasteiger partial charge on any atom is -0.368 e. The Labute approximate surface area is 209 Å². The quantitative estimate of drug-likeness (QED) is 0.310. The first-order chi connectivity index (χ1) is 17.0. The van der Waals surface area contributed by atoms with E-state index in [1.807, 2.05) is 54.3 Å². The minimum absolute atomic E-state index is 0.0669. The van der Waals surface area contributed by atoms with Crippen LogP contribution < -0.4 is 10.5 Å². The summed E-state index contributed by atoms with van der Waals surface area (Å²) in [4.78, 5) is 35.5. The van der Waals surface area contributed by atoms with Crippen LogP contribution in [-0.4, -0.2) is 52.3 Å². The molecule has 1 aliphatic rings. The van der Waals surface area contributed by atoms with E-state index in [0.717, 1.165) is 24.3 Å². The van der Waals surface area contributed by atoms with Gasteiger partial charge in [-0.05, 0) is 49.7 Å². The predicted octanol–water partition coefficient (Wildman–Crippen LogP) is 4.44. The Balaban J connectivity index is 1.34. The average Bonchev–Trinajstić information content (AvgIpc) is 2.89. The number of anilines is 1. The van der Waals surface area contributed by atoms with Crippen molar-refractivity contribution in [3.05, 3.63) is 94.3 Å². The highest BCUT2D eigenvalue weighted by Gasteiger charge is 2.23. The maximum atomic E-state index is 13.4. The predicted molar refractivity (Wildman–Crippen MR) is 143 cm³/mol. The summed E-state index contributed by atoms with van der Waals surface area (Å²) < 4.78 is 1.64. The van der Waals surface area contributed by atoms with Gasteiger partial charge in [-0.2, -0.15) is 0 Å². The number of rotatable bonds is 5. The van der Waals surface area contributed by atoms with Gasteiger partial charge in [0.2, 0.25) is 5.91 Å². The molecule has 0 N–H and O–H groups in total. The van der Waals surface area contributed by atoms with Crippen molar-refractivity contribution in [2.75, 3.05) is 36.8 Å². The number of benzene rings is 3. The summed E-state index contributed by atoms with van der Waals surface area (Å²) >= 11 is 1.33. The van der Waals surface area contributed by atoms with Crippen LogP contribution in [0.15, 0.2) is 82.7 Å². The van der Waals surface area contributed by atoms with E-state index >= 15 is 0 Å². The van der Waals surface area contributed by atoms with Crippen molar-refractivity contribution >= 4 is 34.3 Å². The number of piperazine rings is 1. The van der Waals surface area contributed by atoms with E-state index in [-0.39, 0.29) is 17.2 Å². The summed E-state index contributed by atoms with van der Waals surface area (Å²) in [6.07, 6.45) is 0. The molecule has 6 nitrogen and oxygen atoms in total. The molecule has 0 unspecified atom stereocenters. The maximum Gasteiger partial charge on any atom is 0.266 e. The zero-order valence-electron chi connectivity index (χ0n) is 20.0. The molecule has 1 aromatic heterocycles. The van der Waals surface area contributed by atoms with E-state index in [4.69, 9.17) is 4.98 Å². The van der Waals surface area contributed by atoms with Crippen molar-refractivity contribution in [2.24, 2.45) is 0 Å². The molecule has 1 fully saturated rings. The van der Waals surface area contributed by atoms with E-state index in [0.29, 0.717) is 29.1 Å². The molecule has 35 heavy (non-hydrogen) atoms. The van der Waals surface area contributed by atoms with E-state index in [1.165, 1.54) is 23.0 Å². The molecule has 178 valence electrons. The lowest BCUT2D eigenvalue weighted by Gasteiger charge is -2.36. The molecule has 1 aliphatic heterocycles. The summed E-state index contributed by atoms with van der Waals surface area (Å²) in [7, 11) is 0. The minimum atomic E-state index is -0.119. The highest BCUT2D eigenvalue weighted by atomic mass is 32.2. The largest absolute Gasteiger partial charge is 0.368 e. The third-order valence-electron chi connectivity index (χ3n) is 6.46. The standard InChI is InChI=1S/C28H28N4O2S/c1-20-11-13-22(14-12-20)30-15-17-31(18-16-30)26(33)19-35-28-29-24-9-5-4-8-23(24)27(34)32(28)25-10-6-3-7-21(25)2/h3-14H,15-19H2,1-2H3. The van der Waals surface area contributed by atoms with E-state index < -0.39 is 0 Å². The van der Waals surface area contributed by atoms with E-state index in [2.05, 4.69) is 36.1 Å². The molecule has 7 heteroatoms. The Kier molecular flexibility index (Phi) is 6.59. The lowest BCUT2D eigenvalue weighted by molar-refractivity contribution is -0.128. The van der Waals surface area contributed by atoms with Gasteiger partial charge in [-0.1, -0.05) is 59.8 Å². The maximum absolute atomic E-state index is 13.4. The van der Waals surface area contributed by atoms with E-state index in [1.54, 1.807) is 10.6 Å². The SMILES string of the molecule is Cc1ccc(N2CCN(C(=O)CSc3nc4ccccc4c(=O)n3-c3ccccc3C)CC2)cc1. The second kappa shape index (κ2) is 9.96. The van der Waals surface area contributed by atoms with Crippen LogP contribution in [0.25, 0.3) is 16.6 Å². The van der Waals surface area contributed by atoms with Gasteiger partial charge >= 0.3 is 0 Å². The number of hydrogen-bond acceptors (Lipinski definition) is 5. The van der Waals surface area contributed by atoms with Crippen LogP contribution >= 0.6 is 11.8 Å². The number of nitrogens with zero attached hydrogens (tertiary/aromatic N) is 4. The Hall–Kier alpha value is -3.58. The van der Waals surface area contributed by atoms with Gasteiger partial charge < -0.3 is 9.80 Å². The second-order valence-corrected chi connectivity index (χ2v) is 9.77. The van der Waals surface area contributed by atoms with Gasteiger partial charge in [0.1, 0.15) is 0 Å². The van der Waals surface area contributed by atoms with Crippen LogP contribution in [0.2, 0.25) is 0 Å². The molecule has 0 atom stereocenters. The first-order valence-corrected chi connectivity index (χ1v) is 12.8. The molecule has 1 saturated heterocycles. The number of fused-ring (bicyclic) bond motifs is 1. The monoisotopic (exact) mass is 484 g/mol. The zero-order chi connectivity index (χ0) is 24.4. The number of hydrogen-bond donors (Lipinski definition) is 0. The van der Waals surface area contributed by atoms with Crippen LogP contribution in [-0.2, 0) is 4.79 Å². The molecular weight excluding hydrogens is 456 g/mol. The summed E-state index contributed by atoms with van der Waals surface area (Å²) in [5.74, 6) is 0.304. The Bertz CT molecular complexity index is 1420. The number of thioether (sulfide) groups is 1. The number of carbonyl (C=O) groups excluding carboxylic acids is 1. The van der Waals surface area contributed by atoms with Gasteiger partial charge in [-0.15, -0.1) is 0 Å². The van der Waals surface area contributed by atoms with Gasteiger partial charge in [-0.25, -0.2) is 4.98 Å². The van der Waals surface area contributed by atoms with Crippen LogP contribution in [0.4, 0.5) is 5.69 Å². The van der Waals surface area contributed by atoms with Gasteiger partial charge in [0.05, 0.1) is 22.3 Å². The van der Waals surface area contributed by atoms with Crippen molar-refractivity contribution in [3.8, 4) is 5.69 Å². The van der Waals surface area contributed by atoms with Gasteiger partial charge in [0.15, 0.2) is 5.16 Å². The molecule has 5 rings (SSSR count). The number of carbonyl (C=O) groups is 1. The highest BCUT2D eigenvalue weighted by molar-refractivity contribution is 7.99. The second-order valence-electron chi connectivity index (χ2n) is 8.83. The molecular formula is C28H28N4O2S. The molecule has 2 heterocycles. The Morgan fingerprint density at radius 2 is 1.57 bits per heavy atom. The lowest BCUT2D eigenvalue weighted by atomic mass is 10.2. The highest BCUT2D eigenvalue weighted by Crippen LogP contribution is 2.24. The Morgan fingerprint density at radius 3 is 2.31 bits per heavy atom. The first kappa shape index (κ1) is 23.2. The fourth-order valence-corrected chi connectivity index (χ4v) is 5.33. The van der Waals surface area contributed by atoms with Gasteiger partial charge in [0, 0.05) is 31.9 Å². The van der Waals surface area contributed by atoms with Crippen LogP contribution in [0.3, 0.4) is 0 Å². The lowest BCUT2D eigenvalue weighted by Crippen LogP contribution is -2.49. The van der Waals surface area contributed by atoms with Crippen molar-refractivity contribution < 1.29 is 4.79 Å². The fraction of sp³-hybridized carbons (Fsp3) is 0.250. The molecule has 3 aromatic carbocycles. The number of amides is 1. The topological polar surface area (TPSA) is 58.4 Å². The molecule has 0 saturated carbocycles. The first-order valence-electron chi connectivity index (χ1n) is 11.8. The molecule has 0 aliphatic carbocycles. The van der Waals surface area contributed by atoms with Crippen molar-refractivity contribution in [1.29, 1.82) is 0 Å². The normalized spacial score (nSPS) is 13.9. The zero-order valence-corrected chi connectivity index (χ0v) is 20.8. The smallest absolute Gasteiger partial charge is 0.266 e. The van der Waals surface area contributed by atoms with Crippen molar-refractivity contribution in [1.82, 2.24) is 14.5 Å². The summed E-state index contributed by atoms with van der Waals surface area (Å²) in [5.41, 5.74) is 4.73. The van der Waals surface area contributed by atoms with Crippen molar-refractivity contribution in [2.45, 2.75) is 19.0 Å². The van der Waals surface area contributed by atoms with Crippen LogP contribution in [0.1, 0.15) is 11.1 Å². The third kappa shape index (κ3) is 4.82. The molecule has 0 radical (unpaired) electrons. The number of aryl methyl sites for hydroxylation is 2. The molecule has 0 bridgehead atoms. The van der Waals surface area contributed by atoms with Gasteiger partial charge in [0.25, 0.3) is 5.56 Å². The molecule has 0 spiro atoms. The molecule has 4 aromatic rings. The third-order valence-corrected chi connectivity index (χ3v) is 7.38. The van der Waals surface area contributed by atoms with Crippen molar-refractivity contribution in [3.63, 3.8) is 0 Å². The summed E-state index contributed by atoms with van der Waals surface area (Å²) in [6, 6.07) is 23.6. The number of para-hydroxylation sites is 2.